The third kappa shape index (κ3) is 2.56. The Morgan fingerprint density at radius 3 is 2.50 bits per heavy atom. The Bertz CT molecular complexity index is 697. The molecule has 1 nitrogen and oxygen atoms in total. The Morgan fingerprint density at radius 1 is 0.955 bits per heavy atom. The minimum atomic E-state index is 0.189. The molecule has 22 heavy (non-hydrogen) atoms. The Kier molecular flexibility index (Phi) is 4.33. The first kappa shape index (κ1) is 14.9. The van der Waals surface area contributed by atoms with Crippen molar-refractivity contribution >= 4 is 6.08 Å². The number of fused-ring (bicyclic) bond motifs is 1. The first-order chi connectivity index (χ1) is 10.8. The molecule has 0 radical (unpaired) electrons. The molecule has 3 rings (SSSR count). The van der Waals surface area contributed by atoms with E-state index < -0.39 is 0 Å². The molecule has 1 atom stereocenters. The van der Waals surface area contributed by atoms with Gasteiger partial charge in [0.2, 0.25) is 0 Å². The molecule has 0 saturated heterocycles. The first-order valence-corrected chi connectivity index (χ1v) is 8.37. The maximum Gasteiger partial charge on any atom is 0.120 e. The van der Waals surface area contributed by atoms with E-state index in [-0.39, 0.29) is 5.92 Å². The van der Waals surface area contributed by atoms with E-state index in [0.717, 1.165) is 31.2 Å². The summed E-state index contributed by atoms with van der Waals surface area (Å²) in [6, 6.07) is 12.5. The van der Waals surface area contributed by atoms with Gasteiger partial charge in [0.05, 0.1) is 0 Å². The molecule has 0 heterocycles. The highest BCUT2D eigenvalue weighted by molar-refractivity contribution is 5.67. The number of aryl methyl sites for hydroxylation is 1. The normalized spacial score (nSPS) is 16.0. The van der Waals surface area contributed by atoms with Crippen LogP contribution in [0.1, 0.15) is 60.4 Å². The first-order valence-electron chi connectivity index (χ1n) is 8.37. The van der Waals surface area contributed by atoms with E-state index in [1.54, 1.807) is 0 Å². The van der Waals surface area contributed by atoms with Gasteiger partial charge in [-0.05, 0) is 41.2 Å². The van der Waals surface area contributed by atoms with Crippen molar-refractivity contribution in [3.8, 4) is 5.75 Å². The molecular weight excluding hydrogens is 268 g/mol. The van der Waals surface area contributed by atoms with Gasteiger partial charge in [0.1, 0.15) is 5.75 Å². The molecule has 1 aliphatic carbocycles. The highest BCUT2D eigenvalue weighted by atomic mass is 16.3. The van der Waals surface area contributed by atoms with Gasteiger partial charge in [-0.2, -0.15) is 0 Å². The predicted molar refractivity (Wildman–Crippen MR) is 93.4 cm³/mol. The fourth-order valence-corrected chi connectivity index (χ4v) is 3.59. The van der Waals surface area contributed by atoms with Crippen LogP contribution in [-0.2, 0) is 12.8 Å². The van der Waals surface area contributed by atoms with E-state index in [9.17, 15) is 5.11 Å². The van der Waals surface area contributed by atoms with Crippen LogP contribution in [0, 0.1) is 0 Å². The van der Waals surface area contributed by atoms with E-state index in [4.69, 9.17) is 0 Å². The monoisotopic (exact) mass is 292 g/mol. The third-order valence-electron chi connectivity index (χ3n) is 4.56. The van der Waals surface area contributed by atoms with Gasteiger partial charge < -0.3 is 5.11 Å². The van der Waals surface area contributed by atoms with Gasteiger partial charge in [-0.3, -0.25) is 0 Å². The Morgan fingerprint density at radius 2 is 1.73 bits per heavy atom. The second-order valence-electron chi connectivity index (χ2n) is 6.10. The lowest BCUT2D eigenvalue weighted by atomic mass is 9.84. The SMILES string of the molecule is CCCc1ccc(O)c(C2C=Cc3ccccc32)c1CCC. The Labute approximate surface area is 133 Å². The molecule has 0 aliphatic heterocycles. The van der Waals surface area contributed by atoms with Gasteiger partial charge in [0.15, 0.2) is 0 Å². The largest absolute Gasteiger partial charge is 0.508 e. The minimum absolute atomic E-state index is 0.189. The van der Waals surface area contributed by atoms with Crippen molar-refractivity contribution in [3.63, 3.8) is 0 Å². The van der Waals surface area contributed by atoms with Gasteiger partial charge in [-0.15, -0.1) is 0 Å². The van der Waals surface area contributed by atoms with Crippen molar-refractivity contribution in [2.45, 2.75) is 45.4 Å². The highest BCUT2D eigenvalue weighted by Crippen LogP contribution is 2.42. The molecule has 0 aromatic heterocycles. The summed E-state index contributed by atoms with van der Waals surface area (Å²) in [6.07, 6.45) is 8.77. The maximum absolute atomic E-state index is 10.6. The van der Waals surface area contributed by atoms with Crippen LogP contribution in [0.2, 0.25) is 0 Å². The van der Waals surface area contributed by atoms with Crippen molar-refractivity contribution in [1.82, 2.24) is 0 Å². The van der Waals surface area contributed by atoms with E-state index in [1.807, 2.05) is 6.07 Å². The lowest BCUT2D eigenvalue weighted by Gasteiger charge is -2.21. The van der Waals surface area contributed by atoms with Gasteiger partial charge in [0.25, 0.3) is 0 Å². The zero-order chi connectivity index (χ0) is 15.5. The third-order valence-corrected chi connectivity index (χ3v) is 4.56. The summed E-state index contributed by atoms with van der Waals surface area (Å²) >= 11 is 0. The van der Waals surface area contributed by atoms with Crippen molar-refractivity contribution in [1.29, 1.82) is 0 Å². The van der Waals surface area contributed by atoms with E-state index in [0.29, 0.717) is 5.75 Å². The number of hydrogen-bond donors (Lipinski definition) is 1. The van der Waals surface area contributed by atoms with E-state index in [2.05, 4.69) is 56.3 Å². The number of benzene rings is 2. The van der Waals surface area contributed by atoms with Crippen molar-refractivity contribution < 1.29 is 5.11 Å². The quantitative estimate of drug-likeness (QED) is 0.776. The molecule has 2 aromatic rings. The van der Waals surface area contributed by atoms with Crippen LogP contribution < -0.4 is 0 Å². The van der Waals surface area contributed by atoms with E-state index in [1.165, 1.54) is 22.3 Å². The lowest BCUT2D eigenvalue weighted by Crippen LogP contribution is -2.05. The van der Waals surface area contributed by atoms with Gasteiger partial charge in [-0.1, -0.05) is 69.2 Å². The molecule has 1 unspecified atom stereocenters. The topological polar surface area (TPSA) is 20.2 Å². The lowest BCUT2D eigenvalue weighted by molar-refractivity contribution is 0.466. The number of hydrogen-bond acceptors (Lipinski definition) is 1. The number of aromatic hydroxyl groups is 1. The molecule has 1 heteroatoms. The van der Waals surface area contributed by atoms with Crippen molar-refractivity contribution in [2.24, 2.45) is 0 Å². The van der Waals surface area contributed by atoms with Gasteiger partial charge >= 0.3 is 0 Å². The average Bonchev–Trinajstić information content (AvgIpc) is 2.94. The predicted octanol–water partition coefficient (Wildman–Crippen LogP) is 5.46. The molecule has 114 valence electrons. The van der Waals surface area contributed by atoms with Crippen LogP contribution in [0.3, 0.4) is 0 Å². The summed E-state index contributed by atoms with van der Waals surface area (Å²) in [6.45, 7) is 4.43. The van der Waals surface area contributed by atoms with Crippen LogP contribution >= 0.6 is 0 Å². The Balaban J connectivity index is 2.14. The van der Waals surface area contributed by atoms with Crippen LogP contribution in [-0.4, -0.2) is 5.11 Å². The summed E-state index contributed by atoms with van der Waals surface area (Å²) < 4.78 is 0. The molecule has 0 bridgehead atoms. The minimum Gasteiger partial charge on any atom is -0.508 e. The molecule has 0 fully saturated rings. The van der Waals surface area contributed by atoms with Crippen molar-refractivity contribution in [3.05, 3.63) is 70.3 Å². The summed E-state index contributed by atoms with van der Waals surface area (Å²) in [5.41, 5.74) is 6.46. The fraction of sp³-hybridized carbons (Fsp3) is 0.333. The average molecular weight is 292 g/mol. The standard InChI is InChI=1S/C21H24O/c1-3-7-15-12-14-20(22)21(18(15)8-4-2)19-13-11-16-9-5-6-10-17(16)19/h5-6,9-14,19,22H,3-4,7-8H2,1-2H3. The Hall–Kier alpha value is -2.02. The molecule has 1 aliphatic rings. The molecule has 0 saturated carbocycles. The molecule has 0 spiro atoms. The smallest absolute Gasteiger partial charge is 0.120 e. The fourth-order valence-electron chi connectivity index (χ4n) is 3.59. The summed E-state index contributed by atoms with van der Waals surface area (Å²) in [7, 11) is 0. The van der Waals surface area contributed by atoms with Crippen LogP contribution in [0.4, 0.5) is 0 Å². The van der Waals surface area contributed by atoms with Crippen LogP contribution in [0.5, 0.6) is 5.75 Å². The zero-order valence-electron chi connectivity index (χ0n) is 13.5. The molecule has 1 N–H and O–H groups in total. The molecule has 0 amide bonds. The summed E-state index contributed by atoms with van der Waals surface area (Å²) in [5, 5.41) is 10.6. The maximum atomic E-state index is 10.6. The molecule has 2 aromatic carbocycles. The molecular formula is C21H24O. The number of phenols is 1. The second kappa shape index (κ2) is 6.39. The summed E-state index contributed by atoms with van der Waals surface area (Å²) in [5.74, 6) is 0.629. The second-order valence-corrected chi connectivity index (χ2v) is 6.10. The van der Waals surface area contributed by atoms with Gasteiger partial charge in [-0.25, -0.2) is 0 Å². The van der Waals surface area contributed by atoms with Gasteiger partial charge in [0, 0.05) is 11.5 Å². The van der Waals surface area contributed by atoms with Crippen LogP contribution in [0.25, 0.3) is 6.08 Å². The number of allylic oxidation sites excluding steroid dienone is 1. The highest BCUT2D eigenvalue weighted by Gasteiger charge is 2.25. The summed E-state index contributed by atoms with van der Waals surface area (Å²) in [4.78, 5) is 0. The number of phenolic OH excluding ortho intramolecular Hbond substituents is 1. The van der Waals surface area contributed by atoms with E-state index >= 15 is 0 Å². The zero-order valence-corrected chi connectivity index (χ0v) is 13.5. The number of rotatable bonds is 5. The van der Waals surface area contributed by atoms with Crippen LogP contribution in [0.15, 0.2) is 42.5 Å². The van der Waals surface area contributed by atoms with Crippen molar-refractivity contribution in [2.75, 3.05) is 0 Å².